The average Bonchev–Trinajstić information content (AvgIpc) is 3.07. The maximum atomic E-state index is 3.86. The van der Waals surface area contributed by atoms with Crippen LogP contribution >= 0.6 is 0 Å². The molecule has 0 aromatic rings. The monoisotopic (exact) mass is 276 g/mol. The Balaban J connectivity index is 1.36. The van der Waals surface area contributed by atoms with Crippen molar-refractivity contribution in [2.75, 3.05) is 26.2 Å². The second kappa shape index (κ2) is 5.61. The molecule has 0 spiro atoms. The van der Waals surface area contributed by atoms with Crippen molar-refractivity contribution in [3.8, 4) is 0 Å². The molecule has 4 fully saturated rings. The number of likely N-dealkylation sites (tertiary alicyclic amines) is 1. The third-order valence-corrected chi connectivity index (χ3v) is 6.62. The van der Waals surface area contributed by atoms with Crippen molar-refractivity contribution in [1.82, 2.24) is 10.2 Å². The molecule has 20 heavy (non-hydrogen) atoms. The Morgan fingerprint density at radius 1 is 0.850 bits per heavy atom. The second-order valence-electron chi connectivity index (χ2n) is 8.36. The van der Waals surface area contributed by atoms with Crippen molar-refractivity contribution in [2.45, 2.75) is 70.3 Å². The quantitative estimate of drug-likeness (QED) is 0.827. The number of nitrogens with one attached hydrogen (secondary N) is 1. The molecule has 0 aromatic carbocycles. The van der Waals surface area contributed by atoms with Gasteiger partial charge in [-0.15, -0.1) is 0 Å². The van der Waals surface area contributed by atoms with Crippen LogP contribution in [0, 0.1) is 17.3 Å². The fraction of sp³-hybridized carbons (Fsp3) is 1.00. The number of nitrogens with zero attached hydrogens (tertiary/aromatic N) is 1. The Bertz CT molecular complexity index is 318. The molecule has 1 N–H and O–H groups in total. The van der Waals surface area contributed by atoms with Crippen LogP contribution < -0.4 is 5.32 Å². The lowest BCUT2D eigenvalue weighted by atomic mass is 9.73. The summed E-state index contributed by atoms with van der Waals surface area (Å²) < 4.78 is 0. The molecule has 2 atom stereocenters. The molecule has 4 aliphatic rings. The number of rotatable bonds is 5. The van der Waals surface area contributed by atoms with Crippen molar-refractivity contribution in [2.24, 2.45) is 17.3 Å². The molecule has 0 radical (unpaired) electrons. The first-order chi connectivity index (χ1) is 9.83. The molecule has 2 unspecified atom stereocenters. The minimum absolute atomic E-state index is 0.624. The van der Waals surface area contributed by atoms with Gasteiger partial charge in [-0.05, 0) is 55.8 Å². The lowest BCUT2D eigenvalue weighted by Gasteiger charge is -2.41. The molecule has 0 amide bonds. The predicted molar refractivity (Wildman–Crippen MR) is 83.8 cm³/mol. The largest absolute Gasteiger partial charge is 0.313 e. The predicted octanol–water partition coefficient (Wildman–Crippen LogP) is 3.42. The molecule has 114 valence electrons. The fourth-order valence-corrected chi connectivity index (χ4v) is 5.28. The van der Waals surface area contributed by atoms with Crippen LogP contribution in [0.5, 0.6) is 0 Å². The Morgan fingerprint density at radius 2 is 1.55 bits per heavy atom. The van der Waals surface area contributed by atoms with Gasteiger partial charge in [0.2, 0.25) is 0 Å². The topological polar surface area (TPSA) is 15.3 Å². The van der Waals surface area contributed by atoms with E-state index in [0.29, 0.717) is 5.41 Å². The van der Waals surface area contributed by atoms with Gasteiger partial charge in [0.25, 0.3) is 0 Å². The van der Waals surface area contributed by atoms with Crippen LogP contribution in [0.1, 0.15) is 64.2 Å². The maximum absolute atomic E-state index is 3.86. The van der Waals surface area contributed by atoms with Gasteiger partial charge in [0.05, 0.1) is 0 Å². The van der Waals surface area contributed by atoms with E-state index >= 15 is 0 Å². The zero-order valence-corrected chi connectivity index (χ0v) is 13.1. The molecule has 4 rings (SSSR count). The molecule has 1 aliphatic heterocycles. The van der Waals surface area contributed by atoms with Gasteiger partial charge in [-0.2, -0.15) is 0 Å². The number of hydrogen-bond acceptors (Lipinski definition) is 2. The van der Waals surface area contributed by atoms with Crippen LogP contribution in [0.15, 0.2) is 0 Å². The Kier molecular flexibility index (Phi) is 3.80. The minimum atomic E-state index is 0.624. The highest BCUT2D eigenvalue weighted by Gasteiger charge is 2.41. The normalized spacial score (nSPS) is 37.2. The van der Waals surface area contributed by atoms with E-state index in [2.05, 4.69) is 10.2 Å². The Hall–Kier alpha value is -0.0800. The summed E-state index contributed by atoms with van der Waals surface area (Å²) in [5, 5.41) is 3.86. The highest BCUT2D eigenvalue weighted by Crippen LogP contribution is 2.42. The number of hydrogen-bond donors (Lipinski definition) is 1. The lowest BCUT2D eigenvalue weighted by Crippen LogP contribution is -2.45. The third kappa shape index (κ3) is 2.92. The standard InChI is InChI=1S/C18H32N2/c1-2-9-18(10-3-1,13-19-17-7-8-17)14-20-11-15-5-4-6-16(15)12-20/h15-17,19H,1-14H2. The number of fused-ring (bicyclic) bond motifs is 1. The second-order valence-corrected chi connectivity index (χ2v) is 8.36. The maximum Gasteiger partial charge on any atom is 0.00684 e. The summed E-state index contributed by atoms with van der Waals surface area (Å²) in [6.07, 6.45) is 14.8. The van der Waals surface area contributed by atoms with Gasteiger partial charge in [0.15, 0.2) is 0 Å². The van der Waals surface area contributed by atoms with Crippen LogP contribution in [0.4, 0.5) is 0 Å². The van der Waals surface area contributed by atoms with Crippen LogP contribution in [-0.4, -0.2) is 37.1 Å². The lowest BCUT2D eigenvalue weighted by molar-refractivity contribution is 0.111. The zero-order valence-electron chi connectivity index (χ0n) is 13.1. The van der Waals surface area contributed by atoms with Crippen molar-refractivity contribution in [3.63, 3.8) is 0 Å². The highest BCUT2D eigenvalue weighted by atomic mass is 15.2. The molecule has 3 aliphatic carbocycles. The molecule has 2 nitrogen and oxygen atoms in total. The van der Waals surface area contributed by atoms with E-state index in [-0.39, 0.29) is 0 Å². The van der Waals surface area contributed by atoms with Crippen LogP contribution in [0.2, 0.25) is 0 Å². The Labute approximate surface area is 124 Å². The summed E-state index contributed by atoms with van der Waals surface area (Å²) in [7, 11) is 0. The fourth-order valence-electron chi connectivity index (χ4n) is 5.28. The summed E-state index contributed by atoms with van der Waals surface area (Å²) >= 11 is 0. The van der Waals surface area contributed by atoms with Crippen LogP contribution in [-0.2, 0) is 0 Å². The van der Waals surface area contributed by atoms with Crippen molar-refractivity contribution >= 4 is 0 Å². The van der Waals surface area contributed by atoms with Gasteiger partial charge in [-0.3, -0.25) is 0 Å². The van der Waals surface area contributed by atoms with E-state index in [1.54, 1.807) is 0 Å². The summed E-state index contributed by atoms with van der Waals surface area (Å²) in [6, 6.07) is 0.881. The molecule has 0 bridgehead atoms. The van der Waals surface area contributed by atoms with Gasteiger partial charge >= 0.3 is 0 Å². The molecular weight excluding hydrogens is 244 g/mol. The molecular formula is C18H32N2. The van der Waals surface area contributed by atoms with Gasteiger partial charge < -0.3 is 10.2 Å². The zero-order chi connectivity index (χ0) is 13.4. The molecule has 0 aromatic heterocycles. The van der Waals surface area contributed by atoms with E-state index < -0.39 is 0 Å². The van der Waals surface area contributed by atoms with Crippen LogP contribution in [0.3, 0.4) is 0 Å². The van der Waals surface area contributed by atoms with E-state index in [1.807, 2.05) is 0 Å². The molecule has 1 heterocycles. The third-order valence-electron chi connectivity index (χ3n) is 6.62. The van der Waals surface area contributed by atoms with E-state index in [9.17, 15) is 0 Å². The first-order valence-electron chi connectivity index (χ1n) is 9.29. The van der Waals surface area contributed by atoms with Gasteiger partial charge in [-0.1, -0.05) is 25.7 Å². The van der Waals surface area contributed by atoms with Crippen molar-refractivity contribution < 1.29 is 0 Å². The smallest absolute Gasteiger partial charge is 0.00684 e. The van der Waals surface area contributed by atoms with Gasteiger partial charge in [0, 0.05) is 32.2 Å². The summed E-state index contributed by atoms with van der Waals surface area (Å²) in [5.74, 6) is 2.12. The molecule has 3 saturated carbocycles. The first-order valence-corrected chi connectivity index (χ1v) is 9.29. The van der Waals surface area contributed by atoms with Crippen molar-refractivity contribution in [1.29, 1.82) is 0 Å². The summed E-state index contributed by atoms with van der Waals surface area (Å²) in [6.45, 7) is 5.56. The van der Waals surface area contributed by atoms with Crippen molar-refractivity contribution in [3.05, 3.63) is 0 Å². The molecule has 1 saturated heterocycles. The summed E-state index contributed by atoms with van der Waals surface area (Å²) in [4.78, 5) is 2.86. The molecule has 2 heteroatoms. The van der Waals surface area contributed by atoms with E-state index in [0.717, 1.165) is 17.9 Å². The Morgan fingerprint density at radius 3 is 2.20 bits per heavy atom. The highest BCUT2D eigenvalue weighted by molar-refractivity contribution is 4.95. The van der Waals surface area contributed by atoms with Crippen LogP contribution in [0.25, 0.3) is 0 Å². The van der Waals surface area contributed by atoms with Gasteiger partial charge in [0.1, 0.15) is 0 Å². The average molecular weight is 276 g/mol. The van der Waals surface area contributed by atoms with E-state index in [4.69, 9.17) is 0 Å². The first kappa shape index (κ1) is 13.6. The van der Waals surface area contributed by atoms with Gasteiger partial charge in [-0.25, -0.2) is 0 Å². The summed E-state index contributed by atoms with van der Waals surface area (Å²) in [5.41, 5.74) is 0.624. The minimum Gasteiger partial charge on any atom is -0.313 e. The SMILES string of the molecule is C1CCC(CNC2CC2)(CN2CC3CCCC3C2)CC1. The van der Waals surface area contributed by atoms with E-state index in [1.165, 1.54) is 90.4 Å².